The first-order chi connectivity index (χ1) is 6.60. The summed E-state index contributed by atoms with van der Waals surface area (Å²) in [5.41, 5.74) is 5.45. The van der Waals surface area contributed by atoms with E-state index < -0.39 is 10.2 Å². The van der Waals surface area contributed by atoms with Crippen molar-refractivity contribution in [2.45, 2.75) is 12.5 Å². The quantitative estimate of drug-likeness (QED) is 0.610. The first-order valence-corrected chi connectivity index (χ1v) is 6.04. The standard InChI is InChI=1S/C7H17N3O3S/c1-9-14(11,12)10-3-2-4-13-7(5-8)6-10/h7,9H,2-6,8H2,1H3. The van der Waals surface area contributed by atoms with Gasteiger partial charge >= 0.3 is 0 Å². The molecule has 0 spiro atoms. The van der Waals surface area contributed by atoms with E-state index in [1.54, 1.807) is 0 Å². The van der Waals surface area contributed by atoms with E-state index in [0.29, 0.717) is 32.7 Å². The maximum Gasteiger partial charge on any atom is 0.279 e. The molecule has 0 aliphatic carbocycles. The minimum absolute atomic E-state index is 0.194. The lowest BCUT2D eigenvalue weighted by Gasteiger charge is -2.21. The molecule has 0 amide bonds. The van der Waals surface area contributed by atoms with Gasteiger partial charge in [0.1, 0.15) is 0 Å². The van der Waals surface area contributed by atoms with Crippen molar-refractivity contribution < 1.29 is 13.2 Å². The van der Waals surface area contributed by atoms with Gasteiger partial charge in [0.05, 0.1) is 6.10 Å². The molecule has 0 aromatic carbocycles. The molecule has 0 radical (unpaired) electrons. The van der Waals surface area contributed by atoms with Crippen LogP contribution in [0.3, 0.4) is 0 Å². The molecule has 1 heterocycles. The molecule has 1 aliphatic heterocycles. The predicted octanol–water partition coefficient (Wildman–Crippen LogP) is -1.50. The molecule has 0 aromatic rings. The van der Waals surface area contributed by atoms with Crippen LogP contribution in [0.4, 0.5) is 0 Å². The summed E-state index contributed by atoms with van der Waals surface area (Å²) in [6, 6.07) is 0. The van der Waals surface area contributed by atoms with E-state index in [-0.39, 0.29) is 6.10 Å². The zero-order chi connectivity index (χ0) is 10.6. The van der Waals surface area contributed by atoms with Gasteiger partial charge in [0, 0.05) is 33.3 Å². The molecule has 1 aliphatic rings. The Morgan fingerprint density at radius 3 is 2.93 bits per heavy atom. The van der Waals surface area contributed by atoms with Crippen molar-refractivity contribution in [3.05, 3.63) is 0 Å². The fourth-order valence-electron chi connectivity index (χ4n) is 1.35. The third-order valence-electron chi connectivity index (χ3n) is 2.17. The summed E-state index contributed by atoms with van der Waals surface area (Å²) in [7, 11) is -1.94. The Labute approximate surface area is 84.6 Å². The van der Waals surface area contributed by atoms with Gasteiger partial charge in [-0.2, -0.15) is 12.7 Å². The molecule has 14 heavy (non-hydrogen) atoms. The van der Waals surface area contributed by atoms with Crippen LogP contribution in [0.2, 0.25) is 0 Å². The van der Waals surface area contributed by atoms with Gasteiger partial charge in [-0.15, -0.1) is 0 Å². The van der Waals surface area contributed by atoms with Crippen LogP contribution in [-0.2, 0) is 14.9 Å². The fraction of sp³-hybridized carbons (Fsp3) is 1.00. The van der Waals surface area contributed by atoms with E-state index in [2.05, 4.69) is 4.72 Å². The van der Waals surface area contributed by atoms with Gasteiger partial charge in [0.2, 0.25) is 0 Å². The van der Waals surface area contributed by atoms with Gasteiger partial charge in [-0.3, -0.25) is 0 Å². The van der Waals surface area contributed by atoms with Gasteiger partial charge < -0.3 is 10.5 Å². The number of rotatable bonds is 3. The molecule has 0 saturated carbocycles. The fourth-order valence-corrected chi connectivity index (χ4v) is 2.34. The summed E-state index contributed by atoms with van der Waals surface area (Å²) in [5, 5.41) is 0. The number of nitrogens with two attached hydrogens (primary N) is 1. The minimum atomic E-state index is -3.34. The Morgan fingerprint density at radius 2 is 2.36 bits per heavy atom. The van der Waals surface area contributed by atoms with E-state index in [4.69, 9.17) is 10.5 Å². The molecular formula is C7H17N3O3S. The Bertz CT molecular complexity index is 267. The minimum Gasteiger partial charge on any atom is -0.375 e. The maximum atomic E-state index is 11.5. The van der Waals surface area contributed by atoms with Crippen LogP contribution < -0.4 is 10.5 Å². The normalized spacial score (nSPS) is 26.0. The second-order valence-corrected chi connectivity index (χ2v) is 5.02. The van der Waals surface area contributed by atoms with E-state index in [9.17, 15) is 8.42 Å². The van der Waals surface area contributed by atoms with Crippen molar-refractivity contribution in [3.63, 3.8) is 0 Å². The second kappa shape index (κ2) is 5.04. The molecule has 0 bridgehead atoms. The summed E-state index contributed by atoms with van der Waals surface area (Å²) in [6.45, 7) is 1.73. The van der Waals surface area contributed by atoms with E-state index in [0.717, 1.165) is 0 Å². The lowest BCUT2D eigenvalue weighted by atomic mass is 10.3. The average molecular weight is 223 g/mol. The zero-order valence-electron chi connectivity index (χ0n) is 8.27. The van der Waals surface area contributed by atoms with Crippen LogP contribution >= 0.6 is 0 Å². The number of nitrogens with one attached hydrogen (secondary N) is 1. The Balaban J connectivity index is 2.68. The molecule has 7 heteroatoms. The first kappa shape index (κ1) is 11.9. The molecule has 1 fully saturated rings. The molecule has 1 rings (SSSR count). The van der Waals surface area contributed by atoms with Crippen LogP contribution in [-0.4, -0.2) is 52.1 Å². The van der Waals surface area contributed by atoms with Crippen LogP contribution in [0.5, 0.6) is 0 Å². The highest BCUT2D eigenvalue weighted by molar-refractivity contribution is 7.87. The summed E-state index contributed by atoms with van der Waals surface area (Å²) in [5.74, 6) is 0. The number of ether oxygens (including phenoxy) is 1. The van der Waals surface area contributed by atoms with Gasteiger partial charge in [-0.05, 0) is 6.42 Å². The number of hydrogen-bond acceptors (Lipinski definition) is 4. The van der Waals surface area contributed by atoms with Gasteiger partial charge in [-0.25, -0.2) is 4.72 Å². The molecule has 3 N–H and O–H groups in total. The summed E-state index contributed by atoms with van der Waals surface area (Å²) in [4.78, 5) is 0. The zero-order valence-corrected chi connectivity index (χ0v) is 9.09. The molecule has 1 atom stereocenters. The smallest absolute Gasteiger partial charge is 0.279 e. The monoisotopic (exact) mass is 223 g/mol. The van der Waals surface area contributed by atoms with Gasteiger partial charge in [0.15, 0.2) is 0 Å². The topological polar surface area (TPSA) is 84.7 Å². The third-order valence-corrected chi connectivity index (χ3v) is 3.70. The summed E-state index contributed by atoms with van der Waals surface area (Å²) >= 11 is 0. The van der Waals surface area contributed by atoms with Crippen LogP contribution in [0, 0.1) is 0 Å². The van der Waals surface area contributed by atoms with Crippen molar-refractivity contribution in [1.82, 2.24) is 9.03 Å². The second-order valence-electron chi connectivity index (χ2n) is 3.15. The molecule has 84 valence electrons. The van der Waals surface area contributed by atoms with Crippen molar-refractivity contribution in [2.24, 2.45) is 5.73 Å². The lowest BCUT2D eigenvalue weighted by Crippen LogP contribution is -2.44. The molecule has 0 aromatic heterocycles. The summed E-state index contributed by atoms with van der Waals surface area (Å²) in [6.07, 6.45) is 0.512. The largest absolute Gasteiger partial charge is 0.375 e. The van der Waals surface area contributed by atoms with Crippen molar-refractivity contribution in [3.8, 4) is 0 Å². The highest BCUT2D eigenvalue weighted by atomic mass is 32.2. The number of nitrogens with zero attached hydrogens (tertiary/aromatic N) is 1. The predicted molar refractivity (Wildman–Crippen MR) is 53.0 cm³/mol. The van der Waals surface area contributed by atoms with Crippen LogP contribution in [0.1, 0.15) is 6.42 Å². The number of hydrogen-bond donors (Lipinski definition) is 2. The van der Waals surface area contributed by atoms with Crippen LogP contribution in [0.15, 0.2) is 0 Å². The highest BCUT2D eigenvalue weighted by Crippen LogP contribution is 2.08. The Morgan fingerprint density at radius 1 is 1.64 bits per heavy atom. The first-order valence-electron chi connectivity index (χ1n) is 4.60. The van der Waals surface area contributed by atoms with E-state index in [1.807, 2.05) is 0 Å². The van der Waals surface area contributed by atoms with E-state index in [1.165, 1.54) is 11.4 Å². The molecule has 1 saturated heterocycles. The lowest BCUT2D eigenvalue weighted by molar-refractivity contribution is 0.0679. The Kier molecular flexibility index (Phi) is 4.27. The van der Waals surface area contributed by atoms with Gasteiger partial charge in [-0.1, -0.05) is 0 Å². The third kappa shape index (κ3) is 2.89. The molecular weight excluding hydrogens is 206 g/mol. The SMILES string of the molecule is CNS(=O)(=O)N1CCCOC(CN)C1. The van der Waals surface area contributed by atoms with Crippen molar-refractivity contribution in [2.75, 3.05) is 33.3 Å². The van der Waals surface area contributed by atoms with Gasteiger partial charge in [0.25, 0.3) is 10.2 Å². The van der Waals surface area contributed by atoms with Crippen molar-refractivity contribution in [1.29, 1.82) is 0 Å². The maximum absolute atomic E-state index is 11.5. The Hall–Kier alpha value is -0.210. The molecule has 6 nitrogen and oxygen atoms in total. The summed E-state index contributed by atoms with van der Waals surface area (Å²) < 4.78 is 32.0. The van der Waals surface area contributed by atoms with Crippen molar-refractivity contribution >= 4 is 10.2 Å². The highest BCUT2D eigenvalue weighted by Gasteiger charge is 2.25. The average Bonchev–Trinajstić information content (AvgIpc) is 2.43. The van der Waals surface area contributed by atoms with Crippen LogP contribution in [0.25, 0.3) is 0 Å². The van der Waals surface area contributed by atoms with E-state index >= 15 is 0 Å². The molecule has 1 unspecified atom stereocenters.